The lowest BCUT2D eigenvalue weighted by molar-refractivity contribution is 0.127. The molecular weight excluding hydrogens is 290 g/mol. The second-order valence-corrected chi connectivity index (χ2v) is 7.10. The number of thioether (sulfide) groups is 1. The van der Waals surface area contributed by atoms with Crippen molar-refractivity contribution in [2.75, 3.05) is 13.2 Å². The van der Waals surface area contributed by atoms with Gasteiger partial charge in [-0.1, -0.05) is 24.6 Å². The van der Waals surface area contributed by atoms with Crippen LogP contribution >= 0.6 is 23.4 Å². The number of nitrogens with one attached hydrogen (secondary N) is 1. The molecule has 0 saturated carbocycles. The zero-order chi connectivity index (χ0) is 14.5. The zero-order valence-electron chi connectivity index (χ0n) is 12.5. The Kier molecular flexibility index (Phi) is 6.21. The van der Waals surface area contributed by atoms with E-state index in [0.29, 0.717) is 17.4 Å². The molecule has 20 heavy (non-hydrogen) atoms. The van der Waals surface area contributed by atoms with Gasteiger partial charge in [-0.25, -0.2) is 0 Å². The summed E-state index contributed by atoms with van der Waals surface area (Å²) in [6, 6.07) is 6.73. The standard InChI is InChI=1S/C16H24ClNOS/c1-4-8-18-11(2)14-6-5-13(10-15(14)17)20-16-7-9-19-12(16)3/h5-6,10-12,16,18H,4,7-9H2,1-3H3. The van der Waals surface area contributed by atoms with Crippen LogP contribution in [0.5, 0.6) is 0 Å². The van der Waals surface area contributed by atoms with Crippen LogP contribution in [-0.2, 0) is 4.74 Å². The highest BCUT2D eigenvalue weighted by atomic mass is 35.5. The summed E-state index contributed by atoms with van der Waals surface area (Å²) >= 11 is 8.32. The molecule has 1 aliphatic rings. The van der Waals surface area contributed by atoms with E-state index in [1.54, 1.807) is 0 Å². The van der Waals surface area contributed by atoms with Crippen molar-refractivity contribution in [2.24, 2.45) is 0 Å². The van der Waals surface area contributed by atoms with Crippen LogP contribution in [0.4, 0.5) is 0 Å². The number of benzene rings is 1. The number of hydrogen-bond acceptors (Lipinski definition) is 3. The number of ether oxygens (including phenoxy) is 1. The van der Waals surface area contributed by atoms with Gasteiger partial charge in [-0.2, -0.15) is 0 Å². The molecule has 1 saturated heterocycles. The molecule has 1 aromatic rings. The molecule has 1 aliphatic heterocycles. The normalized spacial score (nSPS) is 24.0. The zero-order valence-corrected chi connectivity index (χ0v) is 14.1. The predicted octanol–water partition coefficient (Wildman–Crippen LogP) is 4.67. The van der Waals surface area contributed by atoms with Gasteiger partial charge in [-0.15, -0.1) is 11.8 Å². The average Bonchev–Trinajstić information content (AvgIpc) is 2.82. The summed E-state index contributed by atoms with van der Waals surface area (Å²) in [4.78, 5) is 1.24. The second-order valence-electron chi connectivity index (χ2n) is 5.38. The Balaban J connectivity index is 2.01. The highest BCUT2D eigenvalue weighted by molar-refractivity contribution is 8.00. The molecule has 1 fully saturated rings. The van der Waals surface area contributed by atoms with Gasteiger partial charge < -0.3 is 10.1 Å². The Morgan fingerprint density at radius 1 is 1.50 bits per heavy atom. The van der Waals surface area contributed by atoms with E-state index in [0.717, 1.165) is 31.0 Å². The first-order valence-electron chi connectivity index (χ1n) is 7.43. The molecule has 0 bridgehead atoms. The Morgan fingerprint density at radius 2 is 2.30 bits per heavy atom. The van der Waals surface area contributed by atoms with Crippen molar-refractivity contribution in [3.8, 4) is 0 Å². The van der Waals surface area contributed by atoms with Crippen LogP contribution in [0.2, 0.25) is 5.02 Å². The summed E-state index contributed by atoms with van der Waals surface area (Å²) in [6.45, 7) is 8.38. The Labute approximate surface area is 131 Å². The quantitative estimate of drug-likeness (QED) is 0.824. The molecule has 0 aromatic heterocycles. The van der Waals surface area contributed by atoms with E-state index in [-0.39, 0.29) is 0 Å². The van der Waals surface area contributed by atoms with E-state index >= 15 is 0 Å². The molecule has 1 heterocycles. The van der Waals surface area contributed by atoms with Crippen molar-refractivity contribution in [3.05, 3.63) is 28.8 Å². The Hall–Kier alpha value is -0.220. The molecule has 1 aromatic carbocycles. The molecule has 3 atom stereocenters. The Morgan fingerprint density at radius 3 is 2.90 bits per heavy atom. The van der Waals surface area contributed by atoms with E-state index in [9.17, 15) is 0 Å². The molecule has 0 aliphatic carbocycles. The average molecular weight is 314 g/mol. The summed E-state index contributed by atoms with van der Waals surface area (Å²) < 4.78 is 5.61. The summed E-state index contributed by atoms with van der Waals surface area (Å²) in [5.74, 6) is 0. The highest BCUT2D eigenvalue weighted by Crippen LogP contribution is 2.35. The number of hydrogen-bond donors (Lipinski definition) is 1. The van der Waals surface area contributed by atoms with Crippen LogP contribution in [0.3, 0.4) is 0 Å². The minimum absolute atomic E-state index is 0.301. The van der Waals surface area contributed by atoms with Crippen molar-refractivity contribution in [1.82, 2.24) is 5.32 Å². The van der Waals surface area contributed by atoms with E-state index in [1.807, 2.05) is 11.8 Å². The van der Waals surface area contributed by atoms with Crippen molar-refractivity contribution in [1.29, 1.82) is 0 Å². The first kappa shape index (κ1) is 16.2. The third-order valence-corrected chi connectivity index (χ3v) is 5.51. The maximum Gasteiger partial charge on any atom is 0.0669 e. The topological polar surface area (TPSA) is 21.3 Å². The molecule has 3 unspecified atom stereocenters. The van der Waals surface area contributed by atoms with E-state index in [1.165, 1.54) is 10.5 Å². The molecular formula is C16H24ClNOS. The number of halogens is 1. The van der Waals surface area contributed by atoms with Crippen LogP contribution in [0.25, 0.3) is 0 Å². The van der Waals surface area contributed by atoms with Gasteiger partial charge in [0.1, 0.15) is 0 Å². The van der Waals surface area contributed by atoms with Crippen LogP contribution < -0.4 is 5.32 Å². The van der Waals surface area contributed by atoms with Gasteiger partial charge in [0.25, 0.3) is 0 Å². The molecule has 112 valence electrons. The van der Waals surface area contributed by atoms with Gasteiger partial charge in [-0.05, 0) is 50.9 Å². The third-order valence-electron chi connectivity index (χ3n) is 3.73. The smallest absolute Gasteiger partial charge is 0.0669 e. The van der Waals surface area contributed by atoms with Crippen molar-refractivity contribution in [2.45, 2.75) is 55.9 Å². The van der Waals surface area contributed by atoms with E-state index in [4.69, 9.17) is 16.3 Å². The Bertz CT molecular complexity index is 440. The van der Waals surface area contributed by atoms with Gasteiger partial charge >= 0.3 is 0 Å². The maximum absolute atomic E-state index is 6.44. The van der Waals surface area contributed by atoms with Crippen LogP contribution in [0, 0.1) is 0 Å². The largest absolute Gasteiger partial charge is 0.377 e. The van der Waals surface area contributed by atoms with Gasteiger partial charge in [0, 0.05) is 27.8 Å². The molecule has 2 nitrogen and oxygen atoms in total. The van der Waals surface area contributed by atoms with Crippen molar-refractivity contribution in [3.63, 3.8) is 0 Å². The van der Waals surface area contributed by atoms with Gasteiger partial charge in [0.05, 0.1) is 6.10 Å². The maximum atomic E-state index is 6.44. The molecule has 4 heteroatoms. The van der Waals surface area contributed by atoms with Crippen molar-refractivity contribution < 1.29 is 4.74 Å². The van der Waals surface area contributed by atoms with Gasteiger partial charge in [0.2, 0.25) is 0 Å². The lowest BCUT2D eigenvalue weighted by Crippen LogP contribution is -2.19. The lowest BCUT2D eigenvalue weighted by atomic mass is 10.1. The summed E-state index contributed by atoms with van der Waals surface area (Å²) in [5, 5.41) is 4.89. The summed E-state index contributed by atoms with van der Waals surface area (Å²) in [5.41, 5.74) is 1.18. The van der Waals surface area contributed by atoms with E-state index < -0.39 is 0 Å². The summed E-state index contributed by atoms with van der Waals surface area (Å²) in [6.07, 6.45) is 2.60. The molecule has 1 N–H and O–H groups in total. The first-order valence-corrected chi connectivity index (χ1v) is 8.68. The van der Waals surface area contributed by atoms with Gasteiger partial charge in [0.15, 0.2) is 0 Å². The fraction of sp³-hybridized carbons (Fsp3) is 0.625. The second kappa shape index (κ2) is 7.69. The third kappa shape index (κ3) is 4.14. The molecule has 0 radical (unpaired) electrons. The van der Waals surface area contributed by atoms with E-state index in [2.05, 4.69) is 44.3 Å². The fourth-order valence-electron chi connectivity index (χ4n) is 2.44. The van der Waals surface area contributed by atoms with Crippen LogP contribution in [-0.4, -0.2) is 24.5 Å². The summed E-state index contributed by atoms with van der Waals surface area (Å²) in [7, 11) is 0. The lowest BCUT2D eigenvalue weighted by Gasteiger charge is -2.17. The number of rotatable bonds is 6. The van der Waals surface area contributed by atoms with Crippen molar-refractivity contribution >= 4 is 23.4 Å². The van der Waals surface area contributed by atoms with Crippen LogP contribution in [0.1, 0.15) is 45.2 Å². The molecule has 0 amide bonds. The predicted molar refractivity (Wildman–Crippen MR) is 87.8 cm³/mol. The minimum Gasteiger partial charge on any atom is -0.377 e. The van der Waals surface area contributed by atoms with Crippen LogP contribution in [0.15, 0.2) is 23.1 Å². The molecule has 2 rings (SSSR count). The van der Waals surface area contributed by atoms with Gasteiger partial charge in [-0.3, -0.25) is 0 Å². The first-order chi connectivity index (χ1) is 9.61. The molecule has 0 spiro atoms. The monoisotopic (exact) mass is 313 g/mol. The SMILES string of the molecule is CCCNC(C)c1ccc(SC2CCOC2C)cc1Cl. The fourth-order valence-corrected chi connectivity index (χ4v) is 4.02. The minimum atomic E-state index is 0.301. The highest BCUT2D eigenvalue weighted by Gasteiger charge is 2.25.